The van der Waals surface area contributed by atoms with Gasteiger partial charge in [-0.1, -0.05) is 31.4 Å². The summed E-state index contributed by atoms with van der Waals surface area (Å²) in [5.74, 6) is -0.0843. The third-order valence-electron chi connectivity index (χ3n) is 2.22. The van der Waals surface area contributed by atoms with E-state index in [1.54, 1.807) is 0 Å². The SMILES string of the molecule is C/C=C/CCCCCCCC(=O)OC. The molecule has 82 valence electrons. The van der Waals surface area contributed by atoms with Gasteiger partial charge in [-0.2, -0.15) is 0 Å². The van der Waals surface area contributed by atoms with Crippen LogP contribution >= 0.6 is 0 Å². The normalized spacial score (nSPS) is 10.7. The Kier molecular flexibility index (Phi) is 9.71. The minimum Gasteiger partial charge on any atom is -0.469 e. The van der Waals surface area contributed by atoms with Crippen LogP contribution in [0.1, 0.15) is 51.9 Å². The molecule has 0 aliphatic carbocycles. The number of esters is 1. The molecule has 0 amide bonds. The van der Waals surface area contributed by atoms with E-state index in [4.69, 9.17) is 0 Å². The van der Waals surface area contributed by atoms with Gasteiger partial charge in [-0.15, -0.1) is 0 Å². The highest BCUT2D eigenvalue weighted by atomic mass is 16.5. The Balaban J connectivity index is 3.02. The molecular weight excluding hydrogens is 176 g/mol. The van der Waals surface area contributed by atoms with Gasteiger partial charge in [-0.3, -0.25) is 4.79 Å². The van der Waals surface area contributed by atoms with Crippen molar-refractivity contribution in [3.05, 3.63) is 12.2 Å². The summed E-state index contributed by atoms with van der Waals surface area (Å²) in [5, 5.41) is 0. The van der Waals surface area contributed by atoms with Gasteiger partial charge in [-0.25, -0.2) is 0 Å². The standard InChI is InChI=1S/C12H22O2/c1-3-4-5-6-7-8-9-10-11-12(13)14-2/h3-4H,5-11H2,1-2H3/b4-3+. The van der Waals surface area contributed by atoms with Gasteiger partial charge < -0.3 is 4.74 Å². The van der Waals surface area contributed by atoms with Crippen LogP contribution in [0, 0.1) is 0 Å². The predicted octanol–water partition coefficient (Wildman–Crippen LogP) is 3.47. The minimum absolute atomic E-state index is 0.0843. The summed E-state index contributed by atoms with van der Waals surface area (Å²) in [6.45, 7) is 2.05. The van der Waals surface area contributed by atoms with Crippen LogP contribution in [0.2, 0.25) is 0 Å². The number of methoxy groups -OCH3 is 1. The lowest BCUT2D eigenvalue weighted by Crippen LogP contribution is -1.98. The van der Waals surface area contributed by atoms with Crippen LogP contribution in [0.4, 0.5) is 0 Å². The molecule has 2 nitrogen and oxygen atoms in total. The average Bonchev–Trinajstić information content (AvgIpc) is 2.21. The van der Waals surface area contributed by atoms with Crippen LogP contribution < -0.4 is 0 Å². The van der Waals surface area contributed by atoms with Gasteiger partial charge in [0.15, 0.2) is 0 Å². The van der Waals surface area contributed by atoms with Crippen LogP contribution in [0.25, 0.3) is 0 Å². The van der Waals surface area contributed by atoms with Crippen molar-refractivity contribution in [1.29, 1.82) is 0 Å². The van der Waals surface area contributed by atoms with Crippen LogP contribution in [-0.4, -0.2) is 13.1 Å². The second kappa shape index (κ2) is 10.3. The minimum atomic E-state index is -0.0843. The molecule has 0 aromatic rings. The lowest BCUT2D eigenvalue weighted by Gasteiger charge is -1.99. The van der Waals surface area contributed by atoms with Crippen molar-refractivity contribution in [1.82, 2.24) is 0 Å². The summed E-state index contributed by atoms with van der Waals surface area (Å²) >= 11 is 0. The number of carbonyl (C=O) groups is 1. The molecule has 0 aliphatic heterocycles. The first-order valence-corrected chi connectivity index (χ1v) is 5.49. The Bertz CT molecular complexity index is 162. The molecule has 0 saturated carbocycles. The highest BCUT2D eigenvalue weighted by Gasteiger charge is 1.98. The first-order chi connectivity index (χ1) is 6.81. The lowest BCUT2D eigenvalue weighted by molar-refractivity contribution is -0.140. The number of unbranched alkanes of at least 4 members (excludes halogenated alkanes) is 5. The molecule has 0 aromatic heterocycles. The Morgan fingerprint density at radius 2 is 1.79 bits per heavy atom. The number of hydrogen-bond acceptors (Lipinski definition) is 2. The zero-order valence-corrected chi connectivity index (χ0v) is 9.42. The van der Waals surface area contributed by atoms with Crippen molar-refractivity contribution < 1.29 is 9.53 Å². The third kappa shape index (κ3) is 9.30. The summed E-state index contributed by atoms with van der Waals surface area (Å²) < 4.78 is 4.56. The molecule has 0 rings (SSSR count). The van der Waals surface area contributed by atoms with Crippen molar-refractivity contribution >= 4 is 5.97 Å². The van der Waals surface area contributed by atoms with Crippen LogP contribution in [-0.2, 0) is 9.53 Å². The predicted molar refractivity (Wildman–Crippen MR) is 59.1 cm³/mol. The largest absolute Gasteiger partial charge is 0.469 e. The lowest BCUT2D eigenvalue weighted by atomic mass is 10.1. The van der Waals surface area contributed by atoms with Crippen molar-refractivity contribution in [3.63, 3.8) is 0 Å². The zero-order chi connectivity index (χ0) is 10.6. The summed E-state index contributed by atoms with van der Waals surface area (Å²) in [5.41, 5.74) is 0. The molecule has 0 aliphatic rings. The van der Waals surface area contributed by atoms with Crippen LogP contribution in [0.5, 0.6) is 0 Å². The third-order valence-corrected chi connectivity index (χ3v) is 2.22. The fourth-order valence-corrected chi connectivity index (χ4v) is 1.33. The highest BCUT2D eigenvalue weighted by molar-refractivity contribution is 5.68. The molecule has 0 saturated heterocycles. The summed E-state index contributed by atoms with van der Waals surface area (Å²) in [4.78, 5) is 10.8. The first kappa shape index (κ1) is 13.2. The Hall–Kier alpha value is -0.790. The van der Waals surface area contributed by atoms with Gasteiger partial charge in [0.1, 0.15) is 0 Å². The van der Waals surface area contributed by atoms with Crippen molar-refractivity contribution in [2.24, 2.45) is 0 Å². The van der Waals surface area contributed by atoms with Gasteiger partial charge in [0.25, 0.3) is 0 Å². The van der Waals surface area contributed by atoms with E-state index in [2.05, 4.69) is 23.8 Å². The van der Waals surface area contributed by atoms with Gasteiger partial charge in [0.05, 0.1) is 7.11 Å². The maximum Gasteiger partial charge on any atom is 0.305 e. The van der Waals surface area contributed by atoms with E-state index in [1.165, 1.54) is 32.8 Å². The maximum absolute atomic E-state index is 10.8. The van der Waals surface area contributed by atoms with Gasteiger partial charge in [0, 0.05) is 6.42 Å². The van der Waals surface area contributed by atoms with E-state index in [0.717, 1.165) is 12.8 Å². The maximum atomic E-state index is 10.8. The van der Waals surface area contributed by atoms with Crippen molar-refractivity contribution in [2.75, 3.05) is 7.11 Å². The monoisotopic (exact) mass is 198 g/mol. The fourth-order valence-electron chi connectivity index (χ4n) is 1.33. The number of carbonyl (C=O) groups excluding carboxylic acids is 1. The quantitative estimate of drug-likeness (QED) is 0.339. The fraction of sp³-hybridized carbons (Fsp3) is 0.750. The van der Waals surface area contributed by atoms with E-state index in [9.17, 15) is 4.79 Å². The van der Waals surface area contributed by atoms with E-state index in [-0.39, 0.29) is 5.97 Å². The van der Waals surface area contributed by atoms with Gasteiger partial charge in [0.2, 0.25) is 0 Å². The first-order valence-electron chi connectivity index (χ1n) is 5.49. The Labute approximate surface area is 87.3 Å². The topological polar surface area (TPSA) is 26.3 Å². The number of ether oxygens (including phenoxy) is 1. The van der Waals surface area contributed by atoms with E-state index >= 15 is 0 Å². The molecule has 2 heteroatoms. The van der Waals surface area contributed by atoms with Crippen molar-refractivity contribution in [3.8, 4) is 0 Å². The van der Waals surface area contributed by atoms with Crippen LogP contribution in [0.3, 0.4) is 0 Å². The van der Waals surface area contributed by atoms with Gasteiger partial charge >= 0.3 is 5.97 Å². The summed E-state index contributed by atoms with van der Waals surface area (Å²) in [6.07, 6.45) is 11.9. The Morgan fingerprint density at radius 1 is 1.14 bits per heavy atom. The molecule has 0 unspecified atom stereocenters. The molecule has 0 aromatic carbocycles. The number of allylic oxidation sites excluding steroid dienone is 2. The molecule has 0 fully saturated rings. The molecule has 0 bridgehead atoms. The van der Waals surface area contributed by atoms with E-state index in [1.807, 2.05) is 0 Å². The second-order valence-corrected chi connectivity index (χ2v) is 3.45. The molecule has 0 atom stereocenters. The smallest absolute Gasteiger partial charge is 0.305 e. The molecule has 0 spiro atoms. The molecule has 0 radical (unpaired) electrons. The van der Waals surface area contributed by atoms with Gasteiger partial charge in [-0.05, 0) is 26.2 Å². The van der Waals surface area contributed by atoms with Crippen molar-refractivity contribution in [2.45, 2.75) is 51.9 Å². The molecule has 0 N–H and O–H groups in total. The number of rotatable bonds is 8. The van der Waals surface area contributed by atoms with Crippen LogP contribution in [0.15, 0.2) is 12.2 Å². The van der Waals surface area contributed by atoms with E-state index in [0.29, 0.717) is 6.42 Å². The average molecular weight is 198 g/mol. The number of hydrogen-bond donors (Lipinski definition) is 0. The highest BCUT2D eigenvalue weighted by Crippen LogP contribution is 2.07. The van der Waals surface area contributed by atoms with E-state index < -0.39 is 0 Å². The summed E-state index contributed by atoms with van der Waals surface area (Å²) in [6, 6.07) is 0. The molecule has 0 heterocycles. The zero-order valence-electron chi connectivity index (χ0n) is 9.42. The second-order valence-electron chi connectivity index (χ2n) is 3.45. The molecular formula is C12H22O2. The Morgan fingerprint density at radius 3 is 2.43 bits per heavy atom. The summed E-state index contributed by atoms with van der Waals surface area (Å²) in [7, 11) is 1.44. The molecule has 14 heavy (non-hydrogen) atoms.